The van der Waals surface area contributed by atoms with Gasteiger partial charge in [0.05, 0.1) is 0 Å². The maximum absolute atomic E-state index is 13.4. The zero-order chi connectivity index (χ0) is 15.1. The number of alkyl halides is 3. The highest BCUT2D eigenvalue weighted by atomic mass is 35.5. The molecule has 0 spiro atoms. The molecule has 0 aromatic heterocycles. The van der Waals surface area contributed by atoms with Gasteiger partial charge in [-0.2, -0.15) is 18.3 Å². The molecule has 1 amide bonds. The van der Waals surface area contributed by atoms with Crippen LogP contribution in [0.15, 0.2) is 23.3 Å². The third kappa shape index (κ3) is 2.43. The minimum atomic E-state index is -4.72. The molecule has 0 fully saturated rings. The SMILES string of the molecule is NC(=O)C1=NNC(c2cc(Cl)cc(Cl)c2)(C(F)(F)F)C1. The zero-order valence-electron chi connectivity index (χ0n) is 9.76. The number of hydrogen-bond donors (Lipinski definition) is 2. The fourth-order valence-corrected chi connectivity index (χ4v) is 2.46. The molecular weight excluding hydrogens is 318 g/mol. The number of nitrogens with zero attached hydrogens (tertiary/aromatic N) is 1. The first-order valence-electron chi connectivity index (χ1n) is 5.32. The second kappa shape index (κ2) is 4.82. The summed E-state index contributed by atoms with van der Waals surface area (Å²) in [6, 6.07) is 3.54. The minimum Gasteiger partial charge on any atom is -0.364 e. The smallest absolute Gasteiger partial charge is 0.364 e. The average Bonchev–Trinajstić information content (AvgIpc) is 2.72. The molecule has 0 saturated carbocycles. The van der Waals surface area contributed by atoms with Crippen LogP contribution in [0.1, 0.15) is 12.0 Å². The molecule has 0 saturated heterocycles. The molecule has 4 nitrogen and oxygen atoms in total. The van der Waals surface area contributed by atoms with Gasteiger partial charge in [0.15, 0.2) is 5.54 Å². The van der Waals surface area contributed by atoms with E-state index in [1.54, 1.807) is 0 Å². The van der Waals surface area contributed by atoms with Crippen LogP contribution < -0.4 is 11.2 Å². The van der Waals surface area contributed by atoms with Gasteiger partial charge in [0.1, 0.15) is 5.71 Å². The van der Waals surface area contributed by atoms with Crippen molar-refractivity contribution in [2.24, 2.45) is 10.8 Å². The van der Waals surface area contributed by atoms with Crippen LogP contribution in [-0.4, -0.2) is 17.8 Å². The Kier molecular flexibility index (Phi) is 3.60. The number of nitrogens with one attached hydrogen (secondary N) is 1. The molecule has 2 rings (SSSR count). The van der Waals surface area contributed by atoms with E-state index in [9.17, 15) is 18.0 Å². The van der Waals surface area contributed by atoms with Gasteiger partial charge in [-0.15, -0.1) is 0 Å². The molecule has 0 radical (unpaired) electrons. The number of hydrogen-bond acceptors (Lipinski definition) is 3. The van der Waals surface area contributed by atoms with E-state index < -0.39 is 29.8 Å². The van der Waals surface area contributed by atoms with Gasteiger partial charge >= 0.3 is 6.18 Å². The van der Waals surface area contributed by atoms with Crippen molar-refractivity contribution in [1.29, 1.82) is 0 Å². The lowest BCUT2D eigenvalue weighted by molar-refractivity contribution is -0.196. The minimum absolute atomic E-state index is 0.0467. The molecule has 1 aromatic rings. The van der Waals surface area contributed by atoms with Gasteiger partial charge in [-0.1, -0.05) is 23.2 Å². The molecule has 1 aliphatic heterocycles. The van der Waals surface area contributed by atoms with Crippen molar-refractivity contribution >= 4 is 34.8 Å². The number of nitrogens with two attached hydrogens (primary N) is 1. The molecule has 20 heavy (non-hydrogen) atoms. The van der Waals surface area contributed by atoms with E-state index in [1.807, 2.05) is 5.43 Å². The summed E-state index contributed by atoms with van der Waals surface area (Å²) >= 11 is 11.5. The number of amides is 1. The highest BCUT2D eigenvalue weighted by Gasteiger charge is 2.59. The highest BCUT2D eigenvalue weighted by Crippen LogP contribution is 2.45. The van der Waals surface area contributed by atoms with Crippen LogP contribution in [0.3, 0.4) is 0 Å². The molecular formula is C11H8Cl2F3N3O. The van der Waals surface area contributed by atoms with Gasteiger partial charge in [0.2, 0.25) is 0 Å². The van der Waals surface area contributed by atoms with Gasteiger partial charge in [-0.25, -0.2) is 0 Å². The molecule has 1 unspecified atom stereocenters. The Morgan fingerprint density at radius 3 is 2.25 bits per heavy atom. The highest BCUT2D eigenvalue weighted by molar-refractivity contribution is 6.39. The molecule has 1 atom stereocenters. The lowest BCUT2D eigenvalue weighted by Gasteiger charge is -2.31. The zero-order valence-corrected chi connectivity index (χ0v) is 11.3. The molecule has 1 aliphatic rings. The average molecular weight is 326 g/mol. The summed E-state index contributed by atoms with van der Waals surface area (Å²) in [5.41, 5.74) is 3.74. The van der Waals surface area contributed by atoms with Crippen LogP contribution >= 0.6 is 23.2 Å². The van der Waals surface area contributed by atoms with E-state index in [1.165, 1.54) is 6.07 Å². The van der Waals surface area contributed by atoms with E-state index in [0.29, 0.717) is 0 Å². The molecule has 3 N–H and O–H groups in total. The van der Waals surface area contributed by atoms with Crippen molar-refractivity contribution in [2.45, 2.75) is 18.1 Å². The van der Waals surface area contributed by atoms with Crippen LogP contribution in [0, 0.1) is 0 Å². The Morgan fingerprint density at radius 1 is 1.30 bits per heavy atom. The van der Waals surface area contributed by atoms with E-state index in [0.717, 1.165) is 12.1 Å². The number of carbonyl (C=O) groups is 1. The van der Waals surface area contributed by atoms with Crippen molar-refractivity contribution in [3.05, 3.63) is 33.8 Å². The van der Waals surface area contributed by atoms with Crippen molar-refractivity contribution < 1.29 is 18.0 Å². The summed E-state index contributed by atoms with van der Waals surface area (Å²) in [6.45, 7) is 0. The topological polar surface area (TPSA) is 67.5 Å². The fourth-order valence-electron chi connectivity index (χ4n) is 1.93. The predicted molar refractivity (Wildman–Crippen MR) is 68.6 cm³/mol. The van der Waals surface area contributed by atoms with Crippen molar-refractivity contribution in [3.8, 4) is 0 Å². The Morgan fingerprint density at radius 2 is 1.85 bits per heavy atom. The van der Waals surface area contributed by atoms with Crippen LogP contribution in [-0.2, 0) is 10.3 Å². The molecule has 1 aromatic carbocycles. The summed E-state index contributed by atoms with van der Waals surface area (Å²) < 4.78 is 40.3. The summed E-state index contributed by atoms with van der Waals surface area (Å²) in [7, 11) is 0. The van der Waals surface area contributed by atoms with Crippen LogP contribution in [0.25, 0.3) is 0 Å². The number of halogens is 5. The molecule has 0 bridgehead atoms. The maximum atomic E-state index is 13.4. The molecule has 108 valence electrons. The van der Waals surface area contributed by atoms with Gasteiger partial charge < -0.3 is 5.73 Å². The molecule has 1 heterocycles. The third-order valence-electron chi connectivity index (χ3n) is 2.94. The summed E-state index contributed by atoms with van der Waals surface area (Å²) in [6.07, 6.45) is -5.44. The van der Waals surface area contributed by atoms with E-state index in [2.05, 4.69) is 5.10 Å². The number of hydrazone groups is 1. The quantitative estimate of drug-likeness (QED) is 0.877. The standard InChI is InChI=1S/C11H8Cl2F3N3O/c12-6-1-5(2-7(13)3-6)10(11(14,15)16)4-8(9(17)20)18-19-10/h1-3,19H,4H2,(H2,17,20). The third-order valence-corrected chi connectivity index (χ3v) is 3.37. The number of benzene rings is 1. The summed E-state index contributed by atoms with van der Waals surface area (Å²) in [5, 5.41) is 3.47. The van der Waals surface area contributed by atoms with Crippen LogP contribution in [0.4, 0.5) is 13.2 Å². The number of primary amides is 1. The van der Waals surface area contributed by atoms with Crippen molar-refractivity contribution in [1.82, 2.24) is 5.43 Å². The Hall–Kier alpha value is -1.47. The Labute approximate surface area is 121 Å². The lowest BCUT2D eigenvalue weighted by Crippen LogP contribution is -2.50. The van der Waals surface area contributed by atoms with Gasteiger partial charge in [-0.05, 0) is 23.8 Å². The van der Waals surface area contributed by atoms with E-state index in [4.69, 9.17) is 28.9 Å². The normalized spacial score (nSPS) is 22.4. The first kappa shape index (κ1) is 14.9. The second-order valence-electron chi connectivity index (χ2n) is 4.27. The van der Waals surface area contributed by atoms with Crippen LogP contribution in [0.2, 0.25) is 10.0 Å². The second-order valence-corrected chi connectivity index (χ2v) is 5.15. The lowest BCUT2D eigenvalue weighted by atomic mass is 9.85. The molecule has 9 heteroatoms. The number of rotatable bonds is 2. The van der Waals surface area contributed by atoms with Gasteiger partial charge in [0, 0.05) is 16.5 Å². The maximum Gasteiger partial charge on any atom is 0.417 e. The largest absolute Gasteiger partial charge is 0.417 e. The Balaban J connectivity index is 2.54. The Bertz CT molecular complexity index is 583. The predicted octanol–water partition coefficient (Wildman–Crippen LogP) is 2.59. The van der Waals surface area contributed by atoms with Crippen molar-refractivity contribution in [3.63, 3.8) is 0 Å². The molecule has 0 aliphatic carbocycles. The first-order chi connectivity index (χ1) is 9.15. The van der Waals surface area contributed by atoms with Crippen LogP contribution in [0.5, 0.6) is 0 Å². The monoisotopic (exact) mass is 325 g/mol. The first-order valence-corrected chi connectivity index (χ1v) is 6.08. The van der Waals surface area contributed by atoms with Gasteiger partial charge in [-0.3, -0.25) is 10.2 Å². The summed E-state index contributed by atoms with van der Waals surface area (Å²) in [5.74, 6) is -1.02. The summed E-state index contributed by atoms with van der Waals surface area (Å²) in [4.78, 5) is 11.0. The number of carbonyl (C=O) groups excluding carboxylic acids is 1. The van der Waals surface area contributed by atoms with E-state index in [-0.39, 0.29) is 15.6 Å². The van der Waals surface area contributed by atoms with Gasteiger partial charge in [0.25, 0.3) is 5.91 Å². The van der Waals surface area contributed by atoms with Crippen molar-refractivity contribution in [2.75, 3.05) is 0 Å². The fraction of sp³-hybridized carbons (Fsp3) is 0.273. The van der Waals surface area contributed by atoms with E-state index >= 15 is 0 Å².